The van der Waals surface area contributed by atoms with Crippen molar-refractivity contribution in [1.29, 1.82) is 0 Å². The molecule has 0 aromatic heterocycles. The summed E-state index contributed by atoms with van der Waals surface area (Å²) in [6.07, 6.45) is 5.01. The number of non-ortho nitro benzene ring substituents is 1. The minimum Gasteiger partial charge on any atom is -0.357 e. The lowest BCUT2D eigenvalue weighted by Gasteiger charge is -2.33. The number of hydrogen-bond donors (Lipinski definition) is 2. The average Bonchev–Trinajstić information content (AvgIpc) is 3.46. The highest BCUT2D eigenvalue weighted by molar-refractivity contribution is 14.0. The summed E-state index contributed by atoms with van der Waals surface area (Å²) in [7, 11) is 0. The molecule has 2 N–H and O–H groups in total. The molecule has 1 saturated carbocycles. The Kier molecular flexibility index (Phi) is 8.08. The van der Waals surface area contributed by atoms with Crippen molar-refractivity contribution in [2.75, 3.05) is 19.6 Å². The van der Waals surface area contributed by atoms with Gasteiger partial charge in [-0.05, 0) is 38.2 Å². The molecule has 26 heavy (non-hydrogen) atoms. The number of benzene rings is 1. The standard InChI is InChI=1S/C18H27N5O2.HI/c1-2-19-18(20-13-14-4-3-5-17(12-14)23(24)25)21-15-8-10-22(11-9-15)16-6-7-16;/h3-5,12,15-16H,2,6-11,13H2,1H3,(H2,19,20,21);1H. The third-order valence-corrected chi connectivity index (χ3v) is 4.82. The summed E-state index contributed by atoms with van der Waals surface area (Å²) in [5.74, 6) is 0.791. The molecule has 0 spiro atoms. The van der Waals surface area contributed by atoms with Crippen LogP contribution < -0.4 is 10.6 Å². The average molecular weight is 473 g/mol. The first kappa shape index (κ1) is 20.9. The zero-order valence-electron chi connectivity index (χ0n) is 15.2. The molecule has 0 atom stereocenters. The van der Waals surface area contributed by atoms with Gasteiger partial charge in [0.05, 0.1) is 11.5 Å². The lowest BCUT2D eigenvalue weighted by molar-refractivity contribution is -0.384. The van der Waals surface area contributed by atoms with Crippen molar-refractivity contribution >= 4 is 35.6 Å². The molecule has 0 amide bonds. The van der Waals surface area contributed by atoms with Crippen molar-refractivity contribution in [1.82, 2.24) is 15.5 Å². The number of hydrogen-bond acceptors (Lipinski definition) is 4. The molecule has 1 heterocycles. The van der Waals surface area contributed by atoms with Crippen LogP contribution in [0.1, 0.15) is 38.2 Å². The molecule has 1 aromatic carbocycles. The summed E-state index contributed by atoms with van der Waals surface area (Å²) in [5.41, 5.74) is 0.952. The van der Waals surface area contributed by atoms with Crippen molar-refractivity contribution in [2.45, 2.75) is 51.2 Å². The maximum atomic E-state index is 10.9. The van der Waals surface area contributed by atoms with Gasteiger partial charge in [0, 0.05) is 43.9 Å². The van der Waals surface area contributed by atoms with Gasteiger partial charge in [-0.2, -0.15) is 0 Å². The van der Waals surface area contributed by atoms with Crippen molar-refractivity contribution in [3.05, 3.63) is 39.9 Å². The number of halogens is 1. The van der Waals surface area contributed by atoms with E-state index in [1.54, 1.807) is 12.1 Å². The van der Waals surface area contributed by atoms with E-state index >= 15 is 0 Å². The summed E-state index contributed by atoms with van der Waals surface area (Å²) in [6.45, 7) is 5.58. The van der Waals surface area contributed by atoms with E-state index in [0.717, 1.165) is 50.0 Å². The quantitative estimate of drug-likeness (QED) is 0.218. The largest absolute Gasteiger partial charge is 0.357 e. The Morgan fingerprint density at radius 2 is 2.04 bits per heavy atom. The zero-order valence-corrected chi connectivity index (χ0v) is 17.5. The zero-order chi connectivity index (χ0) is 17.6. The molecule has 0 bridgehead atoms. The molecular weight excluding hydrogens is 445 g/mol. The summed E-state index contributed by atoms with van der Waals surface area (Å²) in [6, 6.07) is 7.95. The van der Waals surface area contributed by atoms with Crippen LogP contribution in [0, 0.1) is 10.1 Å². The van der Waals surface area contributed by atoms with Crippen LogP contribution in [0.15, 0.2) is 29.3 Å². The number of aliphatic imine (C=N–C) groups is 1. The van der Waals surface area contributed by atoms with Crippen LogP contribution >= 0.6 is 24.0 Å². The van der Waals surface area contributed by atoms with E-state index in [-0.39, 0.29) is 34.6 Å². The number of piperidine rings is 1. The molecule has 2 fully saturated rings. The van der Waals surface area contributed by atoms with Crippen LogP contribution in [0.3, 0.4) is 0 Å². The minimum atomic E-state index is -0.371. The molecule has 3 rings (SSSR count). The highest BCUT2D eigenvalue weighted by atomic mass is 127. The summed E-state index contributed by atoms with van der Waals surface area (Å²) < 4.78 is 0. The number of nitro groups is 1. The Bertz CT molecular complexity index is 628. The third kappa shape index (κ3) is 6.08. The van der Waals surface area contributed by atoms with Gasteiger partial charge in [0.25, 0.3) is 5.69 Å². The van der Waals surface area contributed by atoms with Gasteiger partial charge < -0.3 is 15.5 Å². The fraction of sp³-hybridized carbons (Fsp3) is 0.611. The van der Waals surface area contributed by atoms with Crippen LogP contribution in [-0.4, -0.2) is 47.5 Å². The predicted octanol–water partition coefficient (Wildman–Crippen LogP) is 2.89. The Morgan fingerprint density at radius 3 is 2.65 bits per heavy atom. The number of likely N-dealkylation sites (tertiary alicyclic amines) is 1. The van der Waals surface area contributed by atoms with Gasteiger partial charge in [-0.15, -0.1) is 24.0 Å². The molecule has 7 nitrogen and oxygen atoms in total. The van der Waals surface area contributed by atoms with Gasteiger partial charge >= 0.3 is 0 Å². The third-order valence-electron chi connectivity index (χ3n) is 4.82. The van der Waals surface area contributed by atoms with Crippen molar-refractivity contribution in [3.63, 3.8) is 0 Å². The SMILES string of the molecule is CCNC(=NCc1cccc([N+](=O)[O-])c1)NC1CCN(C2CC2)CC1.I. The predicted molar refractivity (Wildman–Crippen MR) is 114 cm³/mol. The van der Waals surface area contributed by atoms with Gasteiger partial charge in [0.15, 0.2) is 5.96 Å². The van der Waals surface area contributed by atoms with Crippen molar-refractivity contribution in [3.8, 4) is 0 Å². The second kappa shape index (κ2) is 10.1. The Labute approximate surface area is 171 Å². The van der Waals surface area contributed by atoms with Gasteiger partial charge in [0.1, 0.15) is 0 Å². The summed E-state index contributed by atoms with van der Waals surface area (Å²) >= 11 is 0. The fourth-order valence-electron chi connectivity index (χ4n) is 3.30. The van der Waals surface area contributed by atoms with E-state index < -0.39 is 0 Å². The van der Waals surface area contributed by atoms with E-state index in [4.69, 9.17) is 0 Å². The normalized spacial score (nSPS) is 18.9. The fourth-order valence-corrected chi connectivity index (χ4v) is 3.30. The Balaban J connectivity index is 0.00000243. The lowest BCUT2D eigenvalue weighted by Crippen LogP contribution is -2.49. The van der Waals surface area contributed by atoms with Crippen LogP contribution in [-0.2, 0) is 6.54 Å². The van der Waals surface area contributed by atoms with E-state index in [0.29, 0.717) is 12.6 Å². The topological polar surface area (TPSA) is 82.8 Å². The smallest absolute Gasteiger partial charge is 0.269 e. The van der Waals surface area contributed by atoms with E-state index in [1.807, 2.05) is 13.0 Å². The van der Waals surface area contributed by atoms with Crippen LogP contribution in [0.5, 0.6) is 0 Å². The van der Waals surface area contributed by atoms with Crippen molar-refractivity contribution < 1.29 is 4.92 Å². The molecule has 8 heteroatoms. The summed E-state index contributed by atoms with van der Waals surface area (Å²) in [5, 5.41) is 17.7. The molecule has 1 aliphatic carbocycles. The number of nitro benzene ring substituents is 1. The van der Waals surface area contributed by atoms with Crippen LogP contribution in [0.25, 0.3) is 0 Å². The van der Waals surface area contributed by atoms with E-state index in [2.05, 4.69) is 20.5 Å². The lowest BCUT2D eigenvalue weighted by atomic mass is 10.1. The molecule has 144 valence electrons. The van der Waals surface area contributed by atoms with Crippen LogP contribution in [0.4, 0.5) is 5.69 Å². The molecular formula is C18H28IN5O2. The maximum Gasteiger partial charge on any atom is 0.269 e. The first-order valence-electron chi connectivity index (χ1n) is 9.18. The second-order valence-electron chi connectivity index (χ2n) is 6.81. The van der Waals surface area contributed by atoms with E-state index in [1.165, 1.54) is 18.9 Å². The molecule has 1 aliphatic heterocycles. The highest BCUT2D eigenvalue weighted by Gasteiger charge is 2.31. The number of nitrogens with zero attached hydrogens (tertiary/aromatic N) is 3. The van der Waals surface area contributed by atoms with Crippen LogP contribution in [0.2, 0.25) is 0 Å². The number of nitrogens with one attached hydrogen (secondary N) is 2. The Hall–Kier alpha value is -1.42. The molecule has 1 saturated heterocycles. The Morgan fingerprint density at radius 1 is 1.31 bits per heavy atom. The number of guanidine groups is 1. The first-order valence-corrected chi connectivity index (χ1v) is 9.18. The summed E-state index contributed by atoms with van der Waals surface area (Å²) in [4.78, 5) is 17.7. The number of rotatable bonds is 6. The van der Waals surface area contributed by atoms with Gasteiger partial charge in [-0.3, -0.25) is 10.1 Å². The second-order valence-corrected chi connectivity index (χ2v) is 6.81. The molecule has 2 aliphatic rings. The van der Waals surface area contributed by atoms with Crippen molar-refractivity contribution in [2.24, 2.45) is 4.99 Å². The molecule has 0 radical (unpaired) electrons. The van der Waals surface area contributed by atoms with Gasteiger partial charge in [-0.25, -0.2) is 4.99 Å². The van der Waals surface area contributed by atoms with Gasteiger partial charge in [0.2, 0.25) is 0 Å². The molecule has 1 aromatic rings. The first-order chi connectivity index (χ1) is 12.2. The minimum absolute atomic E-state index is 0. The maximum absolute atomic E-state index is 10.9. The monoisotopic (exact) mass is 473 g/mol. The van der Waals surface area contributed by atoms with E-state index in [9.17, 15) is 10.1 Å². The molecule has 0 unspecified atom stereocenters. The van der Waals surface area contributed by atoms with Gasteiger partial charge in [-0.1, -0.05) is 12.1 Å². The highest BCUT2D eigenvalue weighted by Crippen LogP contribution is 2.29.